The maximum Gasteiger partial charge on any atom is 0.214 e. The molecule has 2 aliphatic heterocycles. The number of halogens is 1. The molecule has 200 valence electrons. The van der Waals surface area contributed by atoms with E-state index in [1.807, 2.05) is 10.9 Å². The second-order valence-electron chi connectivity index (χ2n) is 10.9. The van der Waals surface area contributed by atoms with Crippen molar-refractivity contribution in [2.45, 2.75) is 39.7 Å². The highest BCUT2D eigenvalue weighted by molar-refractivity contribution is 7.89. The summed E-state index contributed by atoms with van der Waals surface area (Å²) >= 11 is 0. The van der Waals surface area contributed by atoms with Crippen LogP contribution in [-0.2, 0) is 14.8 Å². The Morgan fingerprint density at radius 3 is 2.54 bits per heavy atom. The Morgan fingerprint density at radius 1 is 1.11 bits per heavy atom. The molecule has 1 atom stereocenters. The topological polar surface area (TPSA) is 67.7 Å². The van der Waals surface area contributed by atoms with E-state index in [-0.39, 0.29) is 23.5 Å². The number of aryl methyl sites for hydroxylation is 1. The monoisotopic (exact) mass is 528 g/mol. The second-order valence-corrected chi connectivity index (χ2v) is 12.9. The molecule has 0 N–H and O–H groups in total. The molecule has 0 aliphatic carbocycles. The molecule has 1 aromatic heterocycles. The fraction of sp³-hybridized carbons (Fsp3) is 0.536. The predicted molar refractivity (Wildman–Crippen MR) is 144 cm³/mol. The van der Waals surface area contributed by atoms with Gasteiger partial charge in [-0.1, -0.05) is 13.8 Å². The Morgan fingerprint density at radius 2 is 1.84 bits per heavy atom. The molecule has 0 amide bonds. The third-order valence-corrected chi connectivity index (χ3v) is 9.63. The van der Waals surface area contributed by atoms with E-state index in [2.05, 4.69) is 42.9 Å². The van der Waals surface area contributed by atoms with Crippen molar-refractivity contribution in [1.82, 2.24) is 19.0 Å². The number of piperazine rings is 1. The molecule has 3 heterocycles. The van der Waals surface area contributed by atoms with Crippen LogP contribution in [0, 0.1) is 24.6 Å². The average Bonchev–Trinajstić information content (AvgIpc) is 3.27. The number of ether oxygens (including phenoxy) is 1. The third kappa shape index (κ3) is 5.74. The van der Waals surface area contributed by atoms with Gasteiger partial charge >= 0.3 is 0 Å². The highest BCUT2D eigenvalue weighted by Gasteiger charge is 2.36. The van der Waals surface area contributed by atoms with Gasteiger partial charge in [0.05, 0.1) is 23.2 Å². The van der Waals surface area contributed by atoms with Gasteiger partial charge in [-0.3, -0.25) is 4.90 Å². The van der Waals surface area contributed by atoms with Crippen LogP contribution >= 0.6 is 0 Å². The number of fused-ring (bicyclic) bond motifs is 1. The molecular formula is C28H37FN4O3S. The summed E-state index contributed by atoms with van der Waals surface area (Å²) in [6.07, 6.45) is 3.45. The first kappa shape index (κ1) is 26.3. The molecule has 9 heteroatoms. The number of hydrogen-bond acceptors (Lipinski definition) is 5. The summed E-state index contributed by atoms with van der Waals surface area (Å²) in [4.78, 5) is 2.43. The minimum atomic E-state index is -3.36. The standard InChI is InChI=1S/C28H37FN4O3S/c1-20(2)17-31-10-11-32(37(34,35)19-22-8-12-36-13-9-22)18-28(31)26-15-23-16-30-33(27(23)14-21(26)3)25-6-4-24(29)5-7-25/h4-7,14-16,20,22,28H,8-13,17-19H2,1-3H3/t28-/m0/s1. The minimum absolute atomic E-state index is 0.0285. The van der Waals surface area contributed by atoms with Gasteiger partial charge in [0.25, 0.3) is 0 Å². The number of benzene rings is 2. The fourth-order valence-corrected chi connectivity index (χ4v) is 7.56. The van der Waals surface area contributed by atoms with Crippen molar-refractivity contribution in [3.63, 3.8) is 0 Å². The SMILES string of the molecule is Cc1cc2c(cnn2-c2ccc(F)cc2)cc1[C@@H]1CN(S(=O)(=O)CC2CCOCC2)CCN1CC(C)C. The number of rotatable bonds is 7. The zero-order chi connectivity index (χ0) is 26.2. The number of hydrogen-bond donors (Lipinski definition) is 0. The van der Waals surface area contributed by atoms with Gasteiger partial charge in [0.1, 0.15) is 5.82 Å². The first-order valence-electron chi connectivity index (χ1n) is 13.2. The Kier molecular flexibility index (Phi) is 7.68. The highest BCUT2D eigenvalue weighted by atomic mass is 32.2. The Labute approximate surface area is 219 Å². The lowest BCUT2D eigenvalue weighted by Crippen LogP contribution is -2.52. The molecule has 37 heavy (non-hydrogen) atoms. The van der Waals surface area contributed by atoms with Gasteiger partial charge in [-0.15, -0.1) is 0 Å². The van der Waals surface area contributed by atoms with Gasteiger partial charge in [0, 0.05) is 50.8 Å². The van der Waals surface area contributed by atoms with Crippen LogP contribution in [0.5, 0.6) is 0 Å². The Hall–Kier alpha value is -2.33. The largest absolute Gasteiger partial charge is 0.381 e. The van der Waals surface area contributed by atoms with E-state index in [0.717, 1.165) is 47.1 Å². The Balaban J connectivity index is 1.45. The van der Waals surface area contributed by atoms with Crippen LogP contribution in [0.1, 0.15) is 43.9 Å². The molecule has 0 bridgehead atoms. The molecule has 0 radical (unpaired) electrons. The van der Waals surface area contributed by atoms with Crippen molar-refractivity contribution in [2.75, 3.05) is 45.1 Å². The summed E-state index contributed by atoms with van der Waals surface area (Å²) in [5.41, 5.74) is 3.98. The lowest BCUT2D eigenvalue weighted by atomic mass is 9.96. The van der Waals surface area contributed by atoms with Gasteiger partial charge in [0.2, 0.25) is 10.0 Å². The first-order chi connectivity index (χ1) is 17.7. The predicted octanol–water partition coefficient (Wildman–Crippen LogP) is 4.54. The molecule has 5 rings (SSSR count). The lowest BCUT2D eigenvalue weighted by molar-refractivity contribution is 0.0712. The highest BCUT2D eigenvalue weighted by Crippen LogP contribution is 2.33. The zero-order valence-corrected chi connectivity index (χ0v) is 22.8. The molecule has 7 nitrogen and oxygen atoms in total. The summed E-state index contributed by atoms with van der Waals surface area (Å²) in [5.74, 6) is 0.562. The molecule has 2 aliphatic rings. The minimum Gasteiger partial charge on any atom is -0.381 e. The van der Waals surface area contributed by atoms with Gasteiger partial charge < -0.3 is 4.74 Å². The molecule has 0 saturated carbocycles. The smallest absolute Gasteiger partial charge is 0.214 e. The summed E-state index contributed by atoms with van der Waals surface area (Å²) in [6, 6.07) is 10.6. The molecule has 2 aromatic carbocycles. The maximum atomic E-state index is 13.5. The van der Waals surface area contributed by atoms with Crippen LogP contribution in [0.4, 0.5) is 4.39 Å². The lowest BCUT2D eigenvalue weighted by Gasteiger charge is -2.42. The van der Waals surface area contributed by atoms with Crippen molar-refractivity contribution in [3.8, 4) is 5.69 Å². The van der Waals surface area contributed by atoms with E-state index in [1.165, 1.54) is 12.1 Å². The summed E-state index contributed by atoms with van der Waals surface area (Å²) in [5, 5.41) is 5.56. The third-order valence-electron chi connectivity index (χ3n) is 7.62. The molecule has 2 fully saturated rings. The molecule has 3 aromatic rings. The van der Waals surface area contributed by atoms with E-state index in [0.29, 0.717) is 38.8 Å². The van der Waals surface area contributed by atoms with E-state index in [1.54, 1.807) is 16.4 Å². The van der Waals surface area contributed by atoms with Crippen molar-refractivity contribution in [1.29, 1.82) is 0 Å². The van der Waals surface area contributed by atoms with E-state index in [9.17, 15) is 12.8 Å². The van der Waals surface area contributed by atoms with E-state index in [4.69, 9.17) is 4.74 Å². The van der Waals surface area contributed by atoms with Gasteiger partial charge in [0.15, 0.2) is 0 Å². The van der Waals surface area contributed by atoms with Crippen molar-refractivity contribution in [2.24, 2.45) is 11.8 Å². The average molecular weight is 529 g/mol. The summed E-state index contributed by atoms with van der Waals surface area (Å²) < 4.78 is 49.4. The number of sulfonamides is 1. The van der Waals surface area contributed by atoms with Crippen LogP contribution in [0.3, 0.4) is 0 Å². The summed E-state index contributed by atoms with van der Waals surface area (Å²) in [7, 11) is -3.36. The van der Waals surface area contributed by atoms with E-state index >= 15 is 0 Å². The normalized spacial score (nSPS) is 20.7. The maximum absolute atomic E-state index is 13.5. The first-order valence-corrected chi connectivity index (χ1v) is 14.9. The fourth-order valence-electron chi connectivity index (χ4n) is 5.69. The van der Waals surface area contributed by atoms with Crippen LogP contribution < -0.4 is 0 Å². The molecular weight excluding hydrogens is 491 g/mol. The number of nitrogens with zero attached hydrogens (tertiary/aromatic N) is 4. The second kappa shape index (κ2) is 10.8. The Bertz CT molecular complexity index is 1330. The van der Waals surface area contributed by atoms with Crippen molar-refractivity contribution in [3.05, 3.63) is 59.5 Å². The van der Waals surface area contributed by atoms with Crippen LogP contribution in [-0.4, -0.2) is 72.5 Å². The molecule has 2 saturated heterocycles. The number of aromatic nitrogens is 2. The van der Waals surface area contributed by atoms with Crippen LogP contribution in [0.15, 0.2) is 42.6 Å². The van der Waals surface area contributed by atoms with Gasteiger partial charge in [-0.05, 0) is 79.1 Å². The van der Waals surface area contributed by atoms with Crippen molar-refractivity contribution < 1.29 is 17.5 Å². The van der Waals surface area contributed by atoms with Crippen LogP contribution in [0.2, 0.25) is 0 Å². The molecule has 0 unspecified atom stereocenters. The quantitative estimate of drug-likeness (QED) is 0.450. The summed E-state index contributed by atoms with van der Waals surface area (Å²) in [6.45, 7) is 10.4. The zero-order valence-electron chi connectivity index (χ0n) is 21.9. The molecule has 0 spiro atoms. The van der Waals surface area contributed by atoms with Gasteiger partial charge in [-0.2, -0.15) is 9.40 Å². The van der Waals surface area contributed by atoms with Gasteiger partial charge in [-0.25, -0.2) is 17.5 Å². The van der Waals surface area contributed by atoms with Crippen molar-refractivity contribution >= 4 is 20.9 Å². The van der Waals surface area contributed by atoms with Crippen LogP contribution in [0.25, 0.3) is 16.6 Å². The van der Waals surface area contributed by atoms with E-state index < -0.39 is 10.0 Å².